The van der Waals surface area contributed by atoms with E-state index in [4.69, 9.17) is 4.74 Å². The van der Waals surface area contributed by atoms with Crippen LogP contribution in [-0.2, 0) is 4.74 Å². The van der Waals surface area contributed by atoms with Gasteiger partial charge in [-0.3, -0.25) is 0 Å². The van der Waals surface area contributed by atoms with Crippen LogP contribution in [0.1, 0.15) is 40.5 Å². The predicted octanol–water partition coefficient (Wildman–Crippen LogP) is 2.53. The Hall–Kier alpha value is -0.0800. The number of ether oxygens (including phenoxy) is 1. The Morgan fingerprint density at radius 2 is 2.00 bits per heavy atom. The van der Waals surface area contributed by atoms with Gasteiger partial charge in [0.2, 0.25) is 0 Å². The van der Waals surface area contributed by atoms with Gasteiger partial charge in [0.25, 0.3) is 0 Å². The zero-order chi connectivity index (χ0) is 10.6. The van der Waals surface area contributed by atoms with Gasteiger partial charge < -0.3 is 9.64 Å². The van der Waals surface area contributed by atoms with E-state index in [0.29, 0.717) is 12.1 Å². The summed E-state index contributed by atoms with van der Waals surface area (Å²) in [7, 11) is 0. The largest absolute Gasteiger partial charge is 0.378 e. The van der Waals surface area contributed by atoms with Crippen LogP contribution >= 0.6 is 0 Å². The summed E-state index contributed by atoms with van der Waals surface area (Å²) in [5, 5.41) is 0. The van der Waals surface area contributed by atoms with Crippen molar-refractivity contribution in [1.82, 2.24) is 4.90 Å². The van der Waals surface area contributed by atoms with Gasteiger partial charge in [-0.1, -0.05) is 0 Å². The highest BCUT2D eigenvalue weighted by Crippen LogP contribution is 2.18. The van der Waals surface area contributed by atoms with E-state index < -0.39 is 0 Å². The molecule has 1 aliphatic rings. The van der Waals surface area contributed by atoms with E-state index in [1.165, 1.54) is 25.9 Å². The first-order chi connectivity index (χ1) is 6.59. The Balaban J connectivity index is 2.25. The molecule has 1 unspecified atom stereocenters. The number of piperidine rings is 1. The average molecular weight is 199 g/mol. The van der Waals surface area contributed by atoms with Crippen LogP contribution in [0.15, 0.2) is 0 Å². The lowest BCUT2D eigenvalue weighted by Crippen LogP contribution is -2.41. The third kappa shape index (κ3) is 3.97. The molecule has 1 fully saturated rings. The van der Waals surface area contributed by atoms with E-state index in [2.05, 4.69) is 32.6 Å². The molecule has 0 aromatic rings. The van der Waals surface area contributed by atoms with Crippen molar-refractivity contribution in [3.8, 4) is 0 Å². The average Bonchev–Trinajstić information content (AvgIpc) is 2.15. The van der Waals surface area contributed by atoms with Crippen LogP contribution in [0.2, 0.25) is 0 Å². The molecule has 0 amide bonds. The van der Waals surface area contributed by atoms with Crippen molar-refractivity contribution in [3.05, 3.63) is 0 Å². The highest BCUT2D eigenvalue weighted by molar-refractivity contribution is 4.75. The summed E-state index contributed by atoms with van der Waals surface area (Å²) in [4.78, 5) is 2.57. The Kier molecular flexibility index (Phi) is 4.90. The van der Waals surface area contributed by atoms with E-state index in [-0.39, 0.29) is 0 Å². The second-order valence-corrected chi connectivity index (χ2v) is 4.98. The molecule has 0 aliphatic carbocycles. The molecular formula is C12H25NO. The third-order valence-corrected chi connectivity index (χ3v) is 2.95. The molecule has 1 atom stereocenters. The van der Waals surface area contributed by atoms with E-state index in [0.717, 1.165) is 12.5 Å². The van der Waals surface area contributed by atoms with Crippen LogP contribution in [0.4, 0.5) is 0 Å². The van der Waals surface area contributed by atoms with Crippen LogP contribution in [0, 0.1) is 5.92 Å². The minimum Gasteiger partial charge on any atom is -0.378 e. The molecule has 0 bridgehead atoms. The Morgan fingerprint density at radius 1 is 1.29 bits per heavy atom. The van der Waals surface area contributed by atoms with E-state index >= 15 is 0 Å². The van der Waals surface area contributed by atoms with Crippen LogP contribution < -0.4 is 0 Å². The number of hydrogen-bond donors (Lipinski definition) is 0. The summed E-state index contributed by atoms with van der Waals surface area (Å²) in [6.07, 6.45) is 3.06. The molecule has 1 heterocycles. The van der Waals surface area contributed by atoms with E-state index in [1.54, 1.807) is 0 Å². The molecule has 0 spiro atoms. The summed E-state index contributed by atoms with van der Waals surface area (Å²) in [6, 6.07) is 0.692. The first kappa shape index (κ1) is 12.0. The maximum Gasteiger partial charge on any atom is 0.0519 e. The number of nitrogens with zero attached hydrogens (tertiary/aromatic N) is 1. The monoisotopic (exact) mass is 199 g/mol. The molecular weight excluding hydrogens is 174 g/mol. The fraction of sp³-hybridized carbons (Fsp3) is 1.00. The van der Waals surface area contributed by atoms with Gasteiger partial charge in [0, 0.05) is 12.6 Å². The maximum absolute atomic E-state index is 5.68. The second kappa shape index (κ2) is 5.72. The van der Waals surface area contributed by atoms with E-state index in [1.807, 2.05) is 0 Å². The summed E-state index contributed by atoms with van der Waals surface area (Å²) in [6.45, 7) is 12.2. The van der Waals surface area contributed by atoms with Gasteiger partial charge in [0.15, 0.2) is 0 Å². The summed E-state index contributed by atoms with van der Waals surface area (Å²) in [5.74, 6) is 0.758. The van der Waals surface area contributed by atoms with Crippen LogP contribution in [-0.4, -0.2) is 36.7 Å². The normalized spacial score (nSPS) is 24.9. The highest BCUT2D eigenvalue weighted by Gasteiger charge is 2.21. The second-order valence-electron chi connectivity index (χ2n) is 4.98. The minimum atomic E-state index is 0.379. The van der Waals surface area contributed by atoms with Gasteiger partial charge in [-0.2, -0.15) is 0 Å². The quantitative estimate of drug-likeness (QED) is 0.690. The van der Waals surface area contributed by atoms with Crippen molar-refractivity contribution in [2.24, 2.45) is 5.92 Å². The SMILES string of the molecule is CC(C)OCC1CCCN(C(C)C)C1. The molecule has 1 saturated heterocycles. The number of likely N-dealkylation sites (tertiary alicyclic amines) is 1. The molecule has 0 aromatic carbocycles. The lowest BCUT2D eigenvalue weighted by molar-refractivity contribution is 0.0205. The number of hydrogen-bond acceptors (Lipinski definition) is 2. The van der Waals surface area contributed by atoms with Gasteiger partial charge >= 0.3 is 0 Å². The van der Waals surface area contributed by atoms with Crippen molar-refractivity contribution in [2.75, 3.05) is 19.7 Å². The molecule has 2 heteroatoms. The molecule has 0 radical (unpaired) electrons. The Bertz CT molecular complexity index is 156. The standard InChI is InChI=1S/C12H25NO/c1-10(2)13-7-5-6-12(8-13)9-14-11(3)4/h10-12H,5-9H2,1-4H3. The first-order valence-corrected chi connectivity index (χ1v) is 5.95. The summed E-state index contributed by atoms with van der Waals surface area (Å²) in [5.41, 5.74) is 0. The van der Waals surface area contributed by atoms with Gasteiger partial charge in [0.05, 0.1) is 12.7 Å². The Labute approximate surface area is 88.6 Å². The highest BCUT2D eigenvalue weighted by atomic mass is 16.5. The molecule has 1 aliphatic heterocycles. The van der Waals surface area contributed by atoms with Crippen LogP contribution in [0.25, 0.3) is 0 Å². The lowest BCUT2D eigenvalue weighted by atomic mass is 9.98. The van der Waals surface area contributed by atoms with Gasteiger partial charge in [0.1, 0.15) is 0 Å². The first-order valence-electron chi connectivity index (χ1n) is 5.95. The maximum atomic E-state index is 5.68. The van der Waals surface area contributed by atoms with Gasteiger partial charge in [-0.15, -0.1) is 0 Å². The fourth-order valence-corrected chi connectivity index (χ4v) is 2.03. The van der Waals surface area contributed by atoms with Crippen molar-refractivity contribution >= 4 is 0 Å². The van der Waals surface area contributed by atoms with Crippen molar-refractivity contribution in [3.63, 3.8) is 0 Å². The molecule has 84 valence electrons. The molecule has 0 N–H and O–H groups in total. The van der Waals surface area contributed by atoms with Crippen molar-refractivity contribution in [2.45, 2.75) is 52.7 Å². The minimum absolute atomic E-state index is 0.379. The van der Waals surface area contributed by atoms with Gasteiger partial charge in [-0.25, -0.2) is 0 Å². The zero-order valence-corrected chi connectivity index (χ0v) is 10.1. The molecule has 0 saturated carbocycles. The molecule has 1 rings (SSSR count). The summed E-state index contributed by atoms with van der Waals surface area (Å²) < 4.78 is 5.68. The van der Waals surface area contributed by atoms with Crippen molar-refractivity contribution in [1.29, 1.82) is 0 Å². The summed E-state index contributed by atoms with van der Waals surface area (Å²) >= 11 is 0. The van der Waals surface area contributed by atoms with Gasteiger partial charge in [-0.05, 0) is 53.0 Å². The Morgan fingerprint density at radius 3 is 2.57 bits per heavy atom. The molecule has 0 aromatic heterocycles. The molecule has 2 nitrogen and oxygen atoms in total. The molecule has 14 heavy (non-hydrogen) atoms. The van der Waals surface area contributed by atoms with E-state index in [9.17, 15) is 0 Å². The third-order valence-electron chi connectivity index (χ3n) is 2.95. The topological polar surface area (TPSA) is 12.5 Å². The smallest absolute Gasteiger partial charge is 0.0519 e. The van der Waals surface area contributed by atoms with Crippen molar-refractivity contribution < 1.29 is 4.74 Å². The zero-order valence-electron chi connectivity index (χ0n) is 10.1. The van der Waals surface area contributed by atoms with Crippen LogP contribution in [0.5, 0.6) is 0 Å². The fourth-order valence-electron chi connectivity index (χ4n) is 2.03. The van der Waals surface area contributed by atoms with Crippen LogP contribution in [0.3, 0.4) is 0 Å². The lowest BCUT2D eigenvalue weighted by Gasteiger charge is -2.35. The predicted molar refractivity (Wildman–Crippen MR) is 60.5 cm³/mol. The number of rotatable bonds is 4.